The molecule has 6 heteroatoms. The van der Waals surface area contributed by atoms with Crippen LogP contribution < -0.4 is 19.3 Å². The molecule has 3 rings (SSSR count). The molecule has 2 aromatic rings. The van der Waals surface area contributed by atoms with Crippen molar-refractivity contribution in [2.24, 2.45) is 0 Å². The zero-order chi connectivity index (χ0) is 22.7. The molecule has 0 radical (unpaired) electrons. The molecule has 1 aromatic carbocycles. The van der Waals surface area contributed by atoms with Crippen LogP contribution in [0.5, 0.6) is 11.5 Å². The number of ketones is 1. The van der Waals surface area contributed by atoms with Gasteiger partial charge in [0, 0.05) is 28.6 Å². The van der Waals surface area contributed by atoms with Crippen LogP contribution in [-0.2, 0) is 6.54 Å². The summed E-state index contributed by atoms with van der Waals surface area (Å²) < 4.78 is 13.2. The third-order valence-corrected chi connectivity index (χ3v) is 6.66. The van der Waals surface area contributed by atoms with Gasteiger partial charge in [-0.1, -0.05) is 0 Å². The first kappa shape index (κ1) is 23.4. The highest BCUT2D eigenvalue weighted by Crippen LogP contribution is 2.29. The van der Waals surface area contributed by atoms with E-state index in [0.717, 1.165) is 55.5 Å². The first-order chi connectivity index (χ1) is 14.7. The lowest BCUT2D eigenvalue weighted by Crippen LogP contribution is -3.27. The Bertz CT molecular complexity index is 925. The number of carbonyl (C=O) groups excluding carboxylic acids is 1. The van der Waals surface area contributed by atoms with Crippen LogP contribution in [0.25, 0.3) is 0 Å². The van der Waals surface area contributed by atoms with Crippen molar-refractivity contribution in [2.75, 3.05) is 46.9 Å². The van der Waals surface area contributed by atoms with E-state index in [1.165, 1.54) is 21.7 Å². The molecular weight excluding hydrogens is 390 g/mol. The molecule has 170 valence electrons. The summed E-state index contributed by atoms with van der Waals surface area (Å²) in [6.45, 7) is 16.4. The number of rotatable bonds is 8. The number of ether oxygens (including phenoxy) is 2. The Kier molecular flexibility index (Phi) is 7.44. The van der Waals surface area contributed by atoms with Crippen molar-refractivity contribution in [2.45, 2.75) is 47.2 Å². The van der Waals surface area contributed by atoms with Crippen LogP contribution in [0.1, 0.15) is 52.8 Å². The van der Waals surface area contributed by atoms with Gasteiger partial charge in [0.25, 0.3) is 0 Å². The predicted molar refractivity (Wildman–Crippen MR) is 123 cm³/mol. The standard InChI is InChI=1S/C25H37N3O3/c1-17(2)28-19(4)13-22(20(28)5)23(29)16-27-10-8-26(9-11-27)15-21-14-25(31-7)24(30-6)12-18(21)3/h12-14,17H,8-11,15-16H2,1-7H3/p+2. The lowest BCUT2D eigenvalue weighted by Gasteiger charge is -2.30. The molecule has 2 N–H and O–H groups in total. The third kappa shape index (κ3) is 5.13. The zero-order valence-electron chi connectivity index (χ0n) is 20.2. The van der Waals surface area contributed by atoms with E-state index in [1.54, 1.807) is 19.1 Å². The third-order valence-electron chi connectivity index (χ3n) is 6.66. The first-order valence-electron chi connectivity index (χ1n) is 11.3. The van der Waals surface area contributed by atoms with Crippen molar-refractivity contribution >= 4 is 5.78 Å². The van der Waals surface area contributed by atoms with Gasteiger partial charge >= 0.3 is 0 Å². The molecule has 6 nitrogen and oxygen atoms in total. The van der Waals surface area contributed by atoms with Crippen LogP contribution in [0.3, 0.4) is 0 Å². The van der Waals surface area contributed by atoms with Gasteiger partial charge in [0.1, 0.15) is 39.3 Å². The normalized spacial score (nSPS) is 19.0. The number of hydrogen-bond donors (Lipinski definition) is 2. The topological polar surface area (TPSA) is 49.3 Å². The highest BCUT2D eigenvalue weighted by molar-refractivity contribution is 5.98. The molecule has 1 saturated heterocycles. The molecule has 2 heterocycles. The molecule has 0 amide bonds. The molecule has 1 aromatic heterocycles. The number of aromatic nitrogens is 1. The number of nitrogens with one attached hydrogen (secondary N) is 2. The van der Waals surface area contributed by atoms with E-state index in [-0.39, 0.29) is 5.78 Å². The molecule has 0 atom stereocenters. The van der Waals surface area contributed by atoms with Crippen molar-refractivity contribution in [3.05, 3.63) is 46.3 Å². The Hall–Kier alpha value is -2.31. The second-order valence-corrected chi connectivity index (χ2v) is 9.16. The molecule has 0 saturated carbocycles. The van der Waals surface area contributed by atoms with E-state index < -0.39 is 0 Å². The first-order valence-corrected chi connectivity index (χ1v) is 11.3. The van der Waals surface area contributed by atoms with E-state index in [4.69, 9.17) is 9.47 Å². The van der Waals surface area contributed by atoms with Crippen molar-refractivity contribution in [1.29, 1.82) is 0 Å². The predicted octanol–water partition coefficient (Wildman–Crippen LogP) is 1.18. The number of Topliss-reactive ketones (excluding diaryl/α,β-unsaturated/α-hetero) is 1. The summed E-state index contributed by atoms with van der Waals surface area (Å²) in [5, 5.41) is 0. The molecule has 0 aliphatic carbocycles. The largest absolute Gasteiger partial charge is 0.493 e. The number of aryl methyl sites for hydroxylation is 2. The lowest BCUT2D eigenvalue weighted by molar-refractivity contribution is -1.01. The monoisotopic (exact) mass is 429 g/mol. The fourth-order valence-electron chi connectivity index (χ4n) is 4.97. The van der Waals surface area contributed by atoms with Crippen molar-refractivity contribution in [3.63, 3.8) is 0 Å². The number of quaternary nitrogens is 2. The molecule has 0 spiro atoms. The SMILES string of the molecule is COc1cc(C)c(C[NH+]2CC[NH+](CC(=O)c3cc(C)n(C(C)C)c3C)CC2)cc1OC. The van der Waals surface area contributed by atoms with E-state index in [9.17, 15) is 4.79 Å². The fourth-order valence-corrected chi connectivity index (χ4v) is 4.97. The summed E-state index contributed by atoms with van der Waals surface area (Å²) in [4.78, 5) is 16.0. The summed E-state index contributed by atoms with van der Waals surface area (Å²) in [6, 6.07) is 6.61. The van der Waals surface area contributed by atoms with Gasteiger partial charge in [-0.25, -0.2) is 0 Å². The number of methoxy groups -OCH3 is 2. The molecule has 1 aliphatic rings. The van der Waals surface area contributed by atoms with Gasteiger partial charge in [-0.15, -0.1) is 0 Å². The van der Waals surface area contributed by atoms with Crippen molar-refractivity contribution in [1.82, 2.24) is 4.57 Å². The maximum Gasteiger partial charge on any atom is 0.218 e. The Balaban J connectivity index is 1.58. The van der Waals surface area contributed by atoms with Crippen LogP contribution >= 0.6 is 0 Å². The Morgan fingerprint density at radius 2 is 1.55 bits per heavy atom. The van der Waals surface area contributed by atoms with Gasteiger partial charge in [-0.05, 0) is 58.4 Å². The Morgan fingerprint density at radius 3 is 2.10 bits per heavy atom. The fraction of sp³-hybridized carbons (Fsp3) is 0.560. The molecular formula is C25H39N3O3+2. The summed E-state index contributed by atoms with van der Waals surface area (Å²) >= 11 is 0. The molecule has 0 bridgehead atoms. The number of nitrogens with zero attached hydrogens (tertiary/aromatic N) is 1. The van der Waals surface area contributed by atoms with Gasteiger partial charge < -0.3 is 23.8 Å². The minimum atomic E-state index is 0.272. The summed E-state index contributed by atoms with van der Waals surface area (Å²) in [5.74, 6) is 1.84. The van der Waals surface area contributed by atoms with Crippen LogP contribution in [0.4, 0.5) is 0 Å². The van der Waals surface area contributed by atoms with Gasteiger partial charge in [0.05, 0.1) is 14.2 Å². The summed E-state index contributed by atoms with van der Waals surface area (Å²) in [6.07, 6.45) is 0. The second-order valence-electron chi connectivity index (χ2n) is 9.16. The Morgan fingerprint density at radius 1 is 0.968 bits per heavy atom. The van der Waals surface area contributed by atoms with E-state index in [1.807, 2.05) is 0 Å². The van der Waals surface area contributed by atoms with Crippen LogP contribution in [0.15, 0.2) is 18.2 Å². The van der Waals surface area contributed by atoms with Crippen LogP contribution in [0.2, 0.25) is 0 Å². The van der Waals surface area contributed by atoms with Gasteiger partial charge in [-0.2, -0.15) is 0 Å². The number of piperazine rings is 1. The Labute approximate surface area is 186 Å². The van der Waals surface area contributed by atoms with Crippen LogP contribution in [0, 0.1) is 20.8 Å². The lowest BCUT2D eigenvalue weighted by atomic mass is 10.1. The quantitative estimate of drug-likeness (QED) is 0.620. The average Bonchev–Trinajstić information content (AvgIpc) is 3.04. The maximum absolute atomic E-state index is 13.0. The number of benzene rings is 1. The molecule has 1 fully saturated rings. The van der Waals surface area contributed by atoms with Crippen LogP contribution in [-0.4, -0.2) is 57.3 Å². The summed E-state index contributed by atoms with van der Waals surface area (Å²) in [7, 11) is 3.35. The highest BCUT2D eigenvalue weighted by Gasteiger charge is 2.27. The number of hydrogen-bond acceptors (Lipinski definition) is 3. The number of carbonyl (C=O) groups is 1. The van der Waals surface area contributed by atoms with Gasteiger partial charge in [0.15, 0.2) is 11.5 Å². The summed E-state index contributed by atoms with van der Waals surface area (Å²) in [5.41, 5.74) is 5.70. The zero-order valence-corrected chi connectivity index (χ0v) is 20.2. The molecule has 31 heavy (non-hydrogen) atoms. The highest BCUT2D eigenvalue weighted by atomic mass is 16.5. The second kappa shape index (κ2) is 9.88. The minimum absolute atomic E-state index is 0.272. The van der Waals surface area contributed by atoms with E-state index >= 15 is 0 Å². The van der Waals surface area contributed by atoms with Gasteiger partial charge in [-0.3, -0.25) is 4.79 Å². The maximum atomic E-state index is 13.0. The van der Waals surface area contributed by atoms with E-state index in [2.05, 4.69) is 57.4 Å². The average molecular weight is 430 g/mol. The molecule has 0 unspecified atom stereocenters. The van der Waals surface area contributed by atoms with Crippen molar-refractivity contribution < 1.29 is 24.1 Å². The van der Waals surface area contributed by atoms with E-state index in [0.29, 0.717) is 12.6 Å². The minimum Gasteiger partial charge on any atom is -0.493 e. The van der Waals surface area contributed by atoms with Gasteiger partial charge in [0.2, 0.25) is 5.78 Å². The van der Waals surface area contributed by atoms with Crippen molar-refractivity contribution in [3.8, 4) is 11.5 Å². The smallest absolute Gasteiger partial charge is 0.218 e. The molecule has 1 aliphatic heterocycles.